The molecule has 0 radical (unpaired) electrons. The van der Waals surface area contributed by atoms with Crippen LogP contribution in [0.5, 0.6) is 5.75 Å². The fourth-order valence-electron chi connectivity index (χ4n) is 1.93. The zero-order chi connectivity index (χ0) is 15.4. The second-order valence-electron chi connectivity index (χ2n) is 4.35. The van der Waals surface area contributed by atoms with Crippen molar-refractivity contribution in [3.05, 3.63) is 46.1 Å². The van der Waals surface area contributed by atoms with Gasteiger partial charge in [-0.25, -0.2) is 4.79 Å². The van der Waals surface area contributed by atoms with Crippen LogP contribution in [0.15, 0.2) is 35.4 Å². The molecule has 1 aromatic carbocycles. The number of hydrogen-bond donors (Lipinski definition) is 1. The van der Waals surface area contributed by atoms with E-state index >= 15 is 0 Å². The summed E-state index contributed by atoms with van der Waals surface area (Å²) in [7, 11) is 1.54. The third-order valence-electron chi connectivity index (χ3n) is 2.95. The Balaban J connectivity index is 2.32. The number of halogens is 1. The fourth-order valence-corrected chi connectivity index (χ4v) is 2.20. The number of methoxy groups -OCH3 is 1. The normalized spacial score (nSPS) is 10.4. The number of amides is 1. The summed E-state index contributed by atoms with van der Waals surface area (Å²) < 4.78 is 7.79. The summed E-state index contributed by atoms with van der Waals surface area (Å²) in [4.78, 5) is 23.8. The van der Waals surface area contributed by atoms with E-state index < -0.39 is 0 Å². The average molecular weight is 310 g/mol. The molecule has 7 heteroatoms. The minimum Gasteiger partial charge on any atom is -0.497 e. The molecule has 2 rings (SSSR count). The highest BCUT2D eigenvalue weighted by molar-refractivity contribution is 6.32. The van der Waals surface area contributed by atoms with E-state index in [1.165, 1.54) is 9.13 Å². The average Bonchev–Trinajstić information content (AvgIpc) is 2.80. The molecule has 0 aliphatic rings. The molecule has 0 aliphatic carbocycles. The topological polar surface area (TPSA) is 65.3 Å². The molecule has 0 fully saturated rings. The summed E-state index contributed by atoms with van der Waals surface area (Å²) in [5.74, 6) is 0.400. The Labute approximate surface area is 126 Å². The Morgan fingerprint density at radius 3 is 2.76 bits per heavy atom. The number of rotatable bonds is 5. The van der Waals surface area contributed by atoms with Gasteiger partial charge in [-0.15, -0.1) is 0 Å². The van der Waals surface area contributed by atoms with Crippen molar-refractivity contribution >= 4 is 17.5 Å². The number of benzene rings is 1. The molecule has 0 saturated heterocycles. The lowest BCUT2D eigenvalue weighted by Gasteiger charge is -2.07. The summed E-state index contributed by atoms with van der Waals surface area (Å²) in [6.45, 7) is 2.33. The van der Waals surface area contributed by atoms with Crippen molar-refractivity contribution in [2.45, 2.75) is 13.5 Å². The SMILES string of the molecule is CCNC(=O)Cn1ccn(-c2ccc(OC)cc2Cl)c1=O. The molecule has 1 aromatic heterocycles. The van der Waals surface area contributed by atoms with Gasteiger partial charge >= 0.3 is 5.69 Å². The zero-order valence-electron chi connectivity index (χ0n) is 11.8. The lowest BCUT2D eigenvalue weighted by atomic mass is 10.3. The zero-order valence-corrected chi connectivity index (χ0v) is 12.6. The Morgan fingerprint density at radius 2 is 2.14 bits per heavy atom. The van der Waals surface area contributed by atoms with E-state index in [0.717, 1.165) is 0 Å². The van der Waals surface area contributed by atoms with Crippen molar-refractivity contribution in [1.82, 2.24) is 14.5 Å². The number of ether oxygens (including phenoxy) is 1. The monoisotopic (exact) mass is 309 g/mol. The highest BCUT2D eigenvalue weighted by Gasteiger charge is 2.11. The third-order valence-corrected chi connectivity index (χ3v) is 3.25. The van der Waals surface area contributed by atoms with Gasteiger partial charge in [-0.3, -0.25) is 13.9 Å². The van der Waals surface area contributed by atoms with Crippen LogP contribution in [-0.4, -0.2) is 28.7 Å². The summed E-state index contributed by atoms with van der Waals surface area (Å²) in [5, 5.41) is 3.04. The van der Waals surface area contributed by atoms with Crippen LogP contribution in [0.25, 0.3) is 5.69 Å². The van der Waals surface area contributed by atoms with E-state index in [-0.39, 0.29) is 18.1 Å². The Kier molecular flexibility index (Phi) is 4.70. The summed E-state index contributed by atoms with van der Waals surface area (Å²) >= 11 is 6.15. The molecule has 1 N–H and O–H groups in total. The maximum atomic E-state index is 12.3. The van der Waals surface area contributed by atoms with Crippen LogP contribution in [0, 0.1) is 0 Å². The number of carbonyl (C=O) groups excluding carboxylic acids is 1. The first-order chi connectivity index (χ1) is 10.1. The number of imidazole rings is 1. The quantitative estimate of drug-likeness (QED) is 0.909. The molecule has 0 atom stereocenters. The third kappa shape index (κ3) is 3.28. The highest BCUT2D eigenvalue weighted by atomic mass is 35.5. The van der Waals surface area contributed by atoms with Crippen molar-refractivity contribution in [2.75, 3.05) is 13.7 Å². The minimum absolute atomic E-state index is 0.0204. The summed E-state index contributed by atoms with van der Waals surface area (Å²) in [6.07, 6.45) is 3.13. The van der Waals surface area contributed by atoms with Gasteiger partial charge in [0.15, 0.2) is 0 Å². The van der Waals surface area contributed by atoms with E-state index in [4.69, 9.17) is 16.3 Å². The maximum Gasteiger partial charge on any atom is 0.333 e. The van der Waals surface area contributed by atoms with Gasteiger partial charge in [0.05, 0.1) is 17.8 Å². The van der Waals surface area contributed by atoms with E-state index in [9.17, 15) is 9.59 Å². The van der Waals surface area contributed by atoms with Crippen LogP contribution < -0.4 is 15.7 Å². The van der Waals surface area contributed by atoms with Crippen LogP contribution >= 0.6 is 11.6 Å². The number of nitrogens with one attached hydrogen (secondary N) is 1. The fraction of sp³-hybridized carbons (Fsp3) is 0.286. The van der Waals surface area contributed by atoms with E-state index in [2.05, 4.69) is 5.32 Å². The Morgan fingerprint density at radius 1 is 1.38 bits per heavy atom. The van der Waals surface area contributed by atoms with E-state index in [0.29, 0.717) is 23.0 Å². The van der Waals surface area contributed by atoms with Gasteiger partial charge in [-0.1, -0.05) is 11.6 Å². The second kappa shape index (κ2) is 6.49. The highest BCUT2D eigenvalue weighted by Crippen LogP contribution is 2.24. The molecule has 0 saturated carbocycles. The first-order valence-corrected chi connectivity index (χ1v) is 6.83. The molecule has 0 bridgehead atoms. The van der Waals surface area contributed by atoms with Crippen molar-refractivity contribution < 1.29 is 9.53 Å². The van der Waals surface area contributed by atoms with Crippen molar-refractivity contribution in [3.8, 4) is 11.4 Å². The molecule has 1 amide bonds. The van der Waals surface area contributed by atoms with Crippen molar-refractivity contribution in [3.63, 3.8) is 0 Å². The van der Waals surface area contributed by atoms with Crippen LogP contribution in [0.1, 0.15) is 6.92 Å². The van der Waals surface area contributed by atoms with Gasteiger partial charge < -0.3 is 10.1 Å². The smallest absolute Gasteiger partial charge is 0.333 e. The van der Waals surface area contributed by atoms with Gasteiger partial charge in [0.25, 0.3) is 0 Å². The summed E-state index contributed by atoms with van der Waals surface area (Å²) in [5.41, 5.74) is 0.213. The lowest BCUT2D eigenvalue weighted by molar-refractivity contribution is -0.121. The molecular formula is C14H16ClN3O3. The van der Waals surface area contributed by atoms with Crippen LogP contribution in [-0.2, 0) is 11.3 Å². The van der Waals surface area contributed by atoms with Gasteiger partial charge in [0, 0.05) is 25.0 Å². The largest absolute Gasteiger partial charge is 0.497 e. The maximum absolute atomic E-state index is 12.3. The van der Waals surface area contributed by atoms with Gasteiger partial charge in [-0.05, 0) is 19.1 Å². The van der Waals surface area contributed by atoms with Crippen molar-refractivity contribution in [2.24, 2.45) is 0 Å². The first kappa shape index (κ1) is 15.2. The molecule has 6 nitrogen and oxygen atoms in total. The predicted octanol–water partition coefficient (Wildman–Crippen LogP) is 1.44. The van der Waals surface area contributed by atoms with E-state index in [1.54, 1.807) is 37.7 Å². The lowest BCUT2D eigenvalue weighted by Crippen LogP contribution is -2.32. The minimum atomic E-state index is -0.326. The number of carbonyl (C=O) groups is 1. The second-order valence-corrected chi connectivity index (χ2v) is 4.76. The first-order valence-electron chi connectivity index (χ1n) is 6.45. The number of likely N-dealkylation sites (N-methyl/N-ethyl adjacent to an activating group) is 1. The van der Waals surface area contributed by atoms with Crippen molar-refractivity contribution in [1.29, 1.82) is 0 Å². The van der Waals surface area contributed by atoms with Gasteiger partial charge in [0.1, 0.15) is 12.3 Å². The van der Waals surface area contributed by atoms with Gasteiger partial charge in [-0.2, -0.15) is 0 Å². The van der Waals surface area contributed by atoms with Crippen LogP contribution in [0.4, 0.5) is 0 Å². The molecule has 0 spiro atoms. The molecule has 0 unspecified atom stereocenters. The van der Waals surface area contributed by atoms with Crippen LogP contribution in [0.3, 0.4) is 0 Å². The molecule has 0 aliphatic heterocycles. The standard InChI is InChI=1S/C14H16ClN3O3/c1-3-16-13(19)9-17-6-7-18(14(17)20)12-5-4-10(21-2)8-11(12)15/h4-8H,3,9H2,1-2H3,(H,16,19). The molecule has 2 aromatic rings. The summed E-state index contributed by atoms with van der Waals surface area (Å²) in [6, 6.07) is 5.04. The number of nitrogens with zero attached hydrogens (tertiary/aromatic N) is 2. The molecular weight excluding hydrogens is 294 g/mol. The number of hydrogen-bond acceptors (Lipinski definition) is 3. The predicted molar refractivity (Wildman–Crippen MR) is 80.3 cm³/mol. The van der Waals surface area contributed by atoms with Crippen LogP contribution in [0.2, 0.25) is 5.02 Å². The number of aromatic nitrogens is 2. The van der Waals surface area contributed by atoms with Gasteiger partial charge in [0.2, 0.25) is 5.91 Å². The molecule has 112 valence electrons. The van der Waals surface area contributed by atoms with E-state index in [1.807, 2.05) is 6.92 Å². The molecule has 1 heterocycles. The Hall–Kier alpha value is -2.21. The Bertz CT molecular complexity index is 706. The molecule has 21 heavy (non-hydrogen) atoms.